The van der Waals surface area contributed by atoms with Crippen molar-refractivity contribution in [1.82, 2.24) is 4.90 Å². The fourth-order valence-corrected chi connectivity index (χ4v) is 6.25. The van der Waals surface area contributed by atoms with Gasteiger partial charge in [-0.2, -0.15) is 0 Å². The Hall–Kier alpha value is -3.07. The maximum atomic E-state index is 13.7. The standard InChI is InChI=1S/C28H29Cl2N3O4S/c1-20-13-15-21(16-14-20)38(36,37)33(25-12-8-10-23(29)27(25)30)19-26(34)31-24-11-5-4-9-22(24)28(35)32-17-6-2-3-7-18-32/h4-5,8-16H,2-3,6-7,17-19H2,1H3,(H,31,34). The van der Waals surface area contributed by atoms with Gasteiger partial charge in [0.2, 0.25) is 5.91 Å². The van der Waals surface area contributed by atoms with E-state index in [1.807, 2.05) is 6.92 Å². The van der Waals surface area contributed by atoms with Crippen molar-refractivity contribution < 1.29 is 18.0 Å². The van der Waals surface area contributed by atoms with E-state index in [1.54, 1.807) is 47.4 Å². The van der Waals surface area contributed by atoms with Crippen LogP contribution in [0.25, 0.3) is 0 Å². The molecule has 1 fully saturated rings. The van der Waals surface area contributed by atoms with Gasteiger partial charge in [0.1, 0.15) is 6.54 Å². The maximum absolute atomic E-state index is 13.7. The molecular weight excluding hydrogens is 545 g/mol. The van der Waals surface area contributed by atoms with E-state index in [1.165, 1.54) is 24.3 Å². The molecule has 200 valence electrons. The molecule has 2 amide bonds. The number of hydrogen-bond acceptors (Lipinski definition) is 4. The number of halogens is 2. The second-order valence-electron chi connectivity index (χ2n) is 9.20. The fourth-order valence-electron chi connectivity index (χ4n) is 4.37. The van der Waals surface area contributed by atoms with Crippen molar-refractivity contribution in [3.8, 4) is 0 Å². The summed E-state index contributed by atoms with van der Waals surface area (Å²) in [6, 6.07) is 17.6. The summed E-state index contributed by atoms with van der Waals surface area (Å²) < 4.78 is 28.3. The molecule has 0 aliphatic carbocycles. The van der Waals surface area contributed by atoms with Crippen LogP contribution in [0.1, 0.15) is 41.6 Å². The molecule has 7 nitrogen and oxygen atoms in total. The number of rotatable bonds is 7. The van der Waals surface area contributed by atoms with Gasteiger partial charge in [0.15, 0.2) is 0 Å². The average Bonchev–Trinajstić information content (AvgIpc) is 3.19. The first kappa shape index (κ1) is 28.0. The molecule has 10 heteroatoms. The molecule has 1 saturated heterocycles. The topological polar surface area (TPSA) is 86.8 Å². The molecule has 0 unspecified atom stereocenters. The molecule has 0 atom stereocenters. The summed E-state index contributed by atoms with van der Waals surface area (Å²) in [4.78, 5) is 28.4. The molecule has 3 aromatic carbocycles. The lowest BCUT2D eigenvalue weighted by molar-refractivity contribution is -0.114. The van der Waals surface area contributed by atoms with Gasteiger partial charge in [-0.15, -0.1) is 0 Å². The number of likely N-dealkylation sites (tertiary alicyclic amines) is 1. The van der Waals surface area contributed by atoms with E-state index < -0.39 is 22.5 Å². The first-order chi connectivity index (χ1) is 18.2. The predicted octanol–water partition coefficient (Wildman–Crippen LogP) is 6.15. The number of hydrogen-bond donors (Lipinski definition) is 1. The first-order valence-corrected chi connectivity index (χ1v) is 14.6. The predicted molar refractivity (Wildman–Crippen MR) is 152 cm³/mol. The summed E-state index contributed by atoms with van der Waals surface area (Å²) in [5, 5.41) is 2.91. The summed E-state index contributed by atoms with van der Waals surface area (Å²) in [7, 11) is -4.19. The Labute approximate surface area is 233 Å². The highest BCUT2D eigenvalue weighted by molar-refractivity contribution is 7.92. The fraction of sp³-hybridized carbons (Fsp3) is 0.286. The lowest BCUT2D eigenvalue weighted by Crippen LogP contribution is -2.39. The smallest absolute Gasteiger partial charge is 0.264 e. The third-order valence-electron chi connectivity index (χ3n) is 6.42. The molecule has 3 aromatic rings. The van der Waals surface area contributed by atoms with E-state index in [-0.39, 0.29) is 26.5 Å². The zero-order valence-corrected chi connectivity index (χ0v) is 23.3. The number of amides is 2. The minimum Gasteiger partial charge on any atom is -0.339 e. The molecule has 1 aliphatic heterocycles. The summed E-state index contributed by atoms with van der Waals surface area (Å²) in [6.07, 6.45) is 4.04. The molecule has 0 radical (unpaired) electrons. The van der Waals surface area contributed by atoms with Gasteiger partial charge in [-0.3, -0.25) is 13.9 Å². The Morgan fingerprint density at radius 2 is 1.55 bits per heavy atom. The van der Waals surface area contributed by atoms with Gasteiger partial charge in [-0.1, -0.05) is 71.9 Å². The second kappa shape index (κ2) is 12.2. The number of anilines is 2. The van der Waals surface area contributed by atoms with Crippen LogP contribution >= 0.6 is 23.2 Å². The number of carbonyl (C=O) groups excluding carboxylic acids is 2. The van der Waals surface area contributed by atoms with Crippen LogP contribution in [0, 0.1) is 6.92 Å². The molecule has 0 spiro atoms. The molecule has 1 aliphatic rings. The Morgan fingerprint density at radius 3 is 2.24 bits per heavy atom. The van der Waals surface area contributed by atoms with Gasteiger partial charge in [0.25, 0.3) is 15.9 Å². The van der Waals surface area contributed by atoms with Crippen LogP contribution in [0.5, 0.6) is 0 Å². The molecule has 0 saturated carbocycles. The minimum atomic E-state index is -4.19. The van der Waals surface area contributed by atoms with Crippen molar-refractivity contribution in [3.05, 3.63) is 87.9 Å². The Morgan fingerprint density at radius 1 is 0.895 bits per heavy atom. The van der Waals surface area contributed by atoms with Crippen LogP contribution < -0.4 is 9.62 Å². The van der Waals surface area contributed by atoms with Gasteiger partial charge in [0.05, 0.1) is 31.9 Å². The number of sulfonamides is 1. The van der Waals surface area contributed by atoms with E-state index in [0.29, 0.717) is 24.3 Å². The first-order valence-electron chi connectivity index (χ1n) is 12.4. The quantitative estimate of drug-likeness (QED) is 0.367. The monoisotopic (exact) mass is 573 g/mol. The van der Waals surface area contributed by atoms with Crippen LogP contribution in [0.3, 0.4) is 0 Å². The Kier molecular flexibility index (Phi) is 8.97. The largest absolute Gasteiger partial charge is 0.339 e. The maximum Gasteiger partial charge on any atom is 0.264 e. The second-order valence-corrected chi connectivity index (χ2v) is 11.8. The lowest BCUT2D eigenvalue weighted by atomic mass is 10.1. The van der Waals surface area contributed by atoms with Gasteiger partial charge in [0, 0.05) is 13.1 Å². The summed E-state index contributed by atoms with van der Waals surface area (Å²) in [5.74, 6) is -0.794. The number of aryl methyl sites for hydroxylation is 1. The molecule has 1 heterocycles. The van der Waals surface area contributed by atoms with Crippen molar-refractivity contribution in [3.63, 3.8) is 0 Å². The van der Waals surface area contributed by atoms with E-state index in [0.717, 1.165) is 35.6 Å². The molecule has 4 rings (SSSR count). The highest BCUT2D eigenvalue weighted by atomic mass is 35.5. The molecule has 0 aromatic heterocycles. The van der Waals surface area contributed by atoms with E-state index >= 15 is 0 Å². The third-order valence-corrected chi connectivity index (χ3v) is 9.00. The van der Waals surface area contributed by atoms with Crippen molar-refractivity contribution in [2.24, 2.45) is 0 Å². The summed E-state index contributed by atoms with van der Waals surface area (Å²) in [6.45, 7) is 2.59. The van der Waals surface area contributed by atoms with Crippen LogP contribution in [0.15, 0.2) is 71.6 Å². The van der Waals surface area contributed by atoms with Crippen LogP contribution in [-0.2, 0) is 14.8 Å². The number of nitrogens with one attached hydrogen (secondary N) is 1. The highest BCUT2D eigenvalue weighted by Crippen LogP contribution is 2.35. The van der Waals surface area contributed by atoms with Crippen molar-refractivity contribution in [2.75, 3.05) is 29.3 Å². The Balaban J connectivity index is 1.64. The van der Waals surface area contributed by atoms with Gasteiger partial charge < -0.3 is 10.2 Å². The van der Waals surface area contributed by atoms with E-state index in [9.17, 15) is 18.0 Å². The van der Waals surface area contributed by atoms with Crippen molar-refractivity contribution in [2.45, 2.75) is 37.5 Å². The van der Waals surface area contributed by atoms with Crippen molar-refractivity contribution in [1.29, 1.82) is 0 Å². The minimum absolute atomic E-state index is 0.00341. The van der Waals surface area contributed by atoms with Gasteiger partial charge in [-0.25, -0.2) is 8.42 Å². The molecule has 38 heavy (non-hydrogen) atoms. The van der Waals surface area contributed by atoms with Crippen LogP contribution in [0.4, 0.5) is 11.4 Å². The van der Waals surface area contributed by atoms with Gasteiger partial charge in [-0.05, 0) is 56.2 Å². The zero-order chi connectivity index (χ0) is 27.3. The normalized spacial score (nSPS) is 14.0. The highest BCUT2D eigenvalue weighted by Gasteiger charge is 2.30. The molecular formula is C28H29Cl2N3O4S. The van der Waals surface area contributed by atoms with Crippen LogP contribution in [-0.4, -0.2) is 44.8 Å². The average molecular weight is 575 g/mol. The van der Waals surface area contributed by atoms with Gasteiger partial charge >= 0.3 is 0 Å². The lowest BCUT2D eigenvalue weighted by Gasteiger charge is -2.26. The SMILES string of the molecule is Cc1ccc(S(=O)(=O)N(CC(=O)Nc2ccccc2C(=O)N2CCCCCC2)c2cccc(Cl)c2Cl)cc1. The number of para-hydroxylation sites is 1. The molecule has 1 N–H and O–H groups in total. The zero-order valence-electron chi connectivity index (χ0n) is 21.0. The number of carbonyl (C=O) groups is 2. The summed E-state index contributed by atoms with van der Waals surface area (Å²) in [5.41, 5.74) is 1.64. The van der Waals surface area contributed by atoms with E-state index in [2.05, 4.69) is 5.32 Å². The molecule has 0 bridgehead atoms. The van der Waals surface area contributed by atoms with Crippen molar-refractivity contribution >= 4 is 56.4 Å². The third kappa shape index (κ3) is 6.31. The van der Waals surface area contributed by atoms with Crippen LogP contribution in [0.2, 0.25) is 10.0 Å². The number of benzene rings is 3. The summed E-state index contributed by atoms with van der Waals surface area (Å²) >= 11 is 12.6. The Bertz CT molecular complexity index is 1420. The number of nitrogens with zero attached hydrogens (tertiary/aromatic N) is 2. The van der Waals surface area contributed by atoms with E-state index in [4.69, 9.17) is 23.2 Å².